The lowest BCUT2D eigenvalue weighted by Gasteiger charge is -2.11. The van der Waals surface area contributed by atoms with Gasteiger partial charge in [-0.2, -0.15) is 5.10 Å². The Balaban J connectivity index is 2.14. The standard InChI is InChI=1S/C15H20N4O2S/c1-4-5-13-17-18-15(22)19(13)9-14(20)16-12-8-11(21-3)7-6-10(12)2/h6-8H,4-5,9H2,1-3H3,(H,16,20)(H,18,22). The first-order valence-corrected chi connectivity index (χ1v) is 7.54. The highest BCUT2D eigenvalue weighted by molar-refractivity contribution is 7.71. The number of benzene rings is 1. The fourth-order valence-corrected chi connectivity index (χ4v) is 2.34. The second-order valence-electron chi connectivity index (χ2n) is 5.01. The molecule has 1 heterocycles. The first-order chi connectivity index (χ1) is 10.5. The van der Waals surface area contributed by atoms with E-state index in [-0.39, 0.29) is 12.5 Å². The molecule has 0 bridgehead atoms. The normalized spacial score (nSPS) is 10.5. The van der Waals surface area contributed by atoms with E-state index in [1.54, 1.807) is 17.7 Å². The largest absolute Gasteiger partial charge is 0.497 e. The lowest BCUT2D eigenvalue weighted by atomic mass is 10.2. The maximum Gasteiger partial charge on any atom is 0.244 e. The molecule has 1 aromatic heterocycles. The number of nitrogens with zero attached hydrogens (tertiary/aromatic N) is 2. The summed E-state index contributed by atoms with van der Waals surface area (Å²) in [5.74, 6) is 1.35. The van der Waals surface area contributed by atoms with Gasteiger partial charge >= 0.3 is 0 Å². The summed E-state index contributed by atoms with van der Waals surface area (Å²) in [5, 5.41) is 9.78. The van der Waals surface area contributed by atoms with Crippen LogP contribution in [0.2, 0.25) is 0 Å². The molecule has 1 amide bonds. The average molecular weight is 320 g/mol. The zero-order valence-corrected chi connectivity index (χ0v) is 13.8. The molecule has 0 aliphatic carbocycles. The molecule has 118 valence electrons. The molecule has 1 aromatic carbocycles. The van der Waals surface area contributed by atoms with Crippen LogP contribution in [0, 0.1) is 11.7 Å². The number of methoxy groups -OCH3 is 1. The van der Waals surface area contributed by atoms with E-state index in [1.807, 2.05) is 19.1 Å². The van der Waals surface area contributed by atoms with Gasteiger partial charge in [0.15, 0.2) is 4.77 Å². The van der Waals surface area contributed by atoms with Gasteiger partial charge in [-0.3, -0.25) is 14.5 Å². The zero-order valence-electron chi connectivity index (χ0n) is 13.0. The smallest absolute Gasteiger partial charge is 0.244 e. The molecule has 2 N–H and O–H groups in total. The summed E-state index contributed by atoms with van der Waals surface area (Å²) in [6.07, 6.45) is 1.72. The highest BCUT2D eigenvalue weighted by Gasteiger charge is 2.11. The van der Waals surface area contributed by atoms with Crippen LogP contribution in [0.3, 0.4) is 0 Å². The molecule has 22 heavy (non-hydrogen) atoms. The lowest BCUT2D eigenvalue weighted by molar-refractivity contribution is -0.116. The van der Waals surface area contributed by atoms with Crippen molar-refractivity contribution in [1.82, 2.24) is 14.8 Å². The van der Waals surface area contributed by atoms with E-state index in [0.29, 0.717) is 10.5 Å². The number of carbonyl (C=O) groups excluding carboxylic acids is 1. The van der Waals surface area contributed by atoms with Crippen LogP contribution in [0.4, 0.5) is 5.69 Å². The van der Waals surface area contributed by atoms with Gasteiger partial charge in [0.25, 0.3) is 0 Å². The quantitative estimate of drug-likeness (QED) is 0.803. The average Bonchev–Trinajstić information content (AvgIpc) is 2.83. The van der Waals surface area contributed by atoms with E-state index >= 15 is 0 Å². The Morgan fingerprint density at radius 2 is 2.27 bits per heavy atom. The van der Waals surface area contributed by atoms with Crippen LogP contribution in [-0.4, -0.2) is 27.8 Å². The molecule has 6 nitrogen and oxygen atoms in total. The number of aryl methyl sites for hydroxylation is 2. The third-order valence-corrected chi connectivity index (χ3v) is 3.64. The monoisotopic (exact) mass is 320 g/mol. The minimum Gasteiger partial charge on any atom is -0.497 e. The van der Waals surface area contributed by atoms with Crippen LogP contribution in [0.25, 0.3) is 0 Å². The molecule has 0 saturated heterocycles. The van der Waals surface area contributed by atoms with E-state index in [4.69, 9.17) is 17.0 Å². The van der Waals surface area contributed by atoms with Crippen molar-refractivity contribution in [3.63, 3.8) is 0 Å². The Morgan fingerprint density at radius 3 is 2.95 bits per heavy atom. The Bertz CT molecular complexity index is 721. The van der Waals surface area contributed by atoms with Gasteiger partial charge in [-0.05, 0) is 37.2 Å². The van der Waals surface area contributed by atoms with E-state index in [1.165, 1.54) is 0 Å². The summed E-state index contributed by atoms with van der Waals surface area (Å²) in [4.78, 5) is 12.3. The van der Waals surface area contributed by atoms with Gasteiger partial charge in [0.1, 0.15) is 18.1 Å². The van der Waals surface area contributed by atoms with Gasteiger partial charge in [-0.15, -0.1) is 0 Å². The minimum atomic E-state index is -0.147. The Labute approximate surface area is 134 Å². The number of amides is 1. The van der Waals surface area contributed by atoms with Crippen LogP contribution in [0.1, 0.15) is 24.7 Å². The van der Waals surface area contributed by atoms with Crippen LogP contribution < -0.4 is 10.1 Å². The third kappa shape index (κ3) is 3.73. The minimum absolute atomic E-state index is 0.140. The van der Waals surface area contributed by atoms with Gasteiger partial charge in [0.05, 0.1) is 7.11 Å². The highest BCUT2D eigenvalue weighted by Crippen LogP contribution is 2.21. The number of rotatable bonds is 6. The number of carbonyl (C=O) groups is 1. The number of ether oxygens (including phenoxy) is 1. The van der Waals surface area contributed by atoms with Crippen molar-refractivity contribution in [1.29, 1.82) is 0 Å². The predicted octanol–water partition coefficient (Wildman–Crippen LogP) is 2.85. The van der Waals surface area contributed by atoms with Crippen LogP contribution >= 0.6 is 12.2 Å². The Hall–Kier alpha value is -2.15. The number of aromatic nitrogens is 3. The van der Waals surface area contributed by atoms with Crippen molar-refractivity contribution in [3.8, 4) is 5.75 Å². The number of hydrogen-bond acceptors (Lipinski definition) is 4. The number of nitrogens with one attached hydrogen (secondary N) is 2. The number of hydrogen-bond donors (Lipinski definition) is 2. The summed E-state index contributed by atoms with van der Waals surface area (Å²) < 4.78 is 7.36. The molecule has 7 heteroatoms. The second kappa shape index (κ2) is 7.22. The Morgan fingerprint density at radius 1 is 1.50 bits per heavy atom. The summed E-state index contributed by atoms with van der Waals surface area (Å²) in [6.45, 7) is 4.13. The molecular formula is C15H20N4O2S. The van der Waals surface area contributed by atoms with Crippen molar-refractivity contribution >= 4 is 23.8 Å². The zero-order chi connectivity index (χ0) is 16.1. The molecule has 0 unspecified atom stereocenters. The van der Waals surface area contributed by atoms with Gasteiger partial charge in [0, 0.05) is 18.2 Å². The molecule has 0 radical (unpaired) electrons. The van der Waals surface area contributed by atoms with Gasteiger partial charge in [0.2, 0.25) is 5.91 Å². The fraction of sp³-hybridized carbons (Fsp3) is 0.400. The Kier molecular flexibility index (Phi) is 5.32. The first kappa shape index (κ1) is 16.2. The predicted molar refractivity (Wildman–Crippen MR) is 87.8 cm³/mol. The number of H-pyrrole nitrogens is 1. The van der Waals surface area contributed by atoms with E-state index in [9.17, 15) is 4.79 Å². The maximum atomic E-state index is 12.3. The van der Waals surface area contributed by atoms with E-state index < -0.39 is 0 Å². The molecule has 0 spiro atoms. The van der Waals surface area contributed by atoms with Crippen molar-refractivity contribution in [2.45, 2.75) is 33.2 Å². The lowest BCUT2D eigenvalue weighted by Crippen LogP contribution is -2.20. The van der Waals surface area contributed by atoms with Crippen molar-refractivity contribution in [3.05, 3.63) is 34.4 Å². The molecule has 0 fully saturated rings. The molecule has 0 saturated carbocycles. The summed E-state index contributed by atoms with van der Waals surface area (Å²) in [5.41, 5.74) is 1.70. The van der Waals surface area contributed by atoms with Crippen molar-refractivity contribution < 1.29 is 9.53 Å². The van der Waals surface area contributed by atoms with Crippen LogP contribution in [0.15, 0.2) is 18.2 Å². The third-order valence-electron chi connectivity index (χ3n) is 3.33. The van der Waals surface area contributed by atoms with E-state index in [0.717, 1.165) is 29.9 Å². The number of anilines is 1. The molecule has 0 aliphatic rings. The van der Waals surface area contributed by atoms with E-state index in [2.05, 4.69) is 22.4 Å². The topological polar surface area (TPSA) is 71.9 Å². The molecule has 2 aromatic rings. The van der Waals surface area contributed by atoms with Crippen molar-refractivity contribution in [2.75, 3.05) is 12.4 Å². The highest BCUT2D eigenvalue weighted by atomic mass is 32.1. The van der Waals surface area contributed by atoms with Crippen LogP contribution in [0.5, 0.6) is 5.75 Å². The first-order valence-electron chi connectivity index (χ1n) is 7.13. The summed E-state index contributed by atoms with van der Waals surface area (Å²) in [7, 11) is 1.60. The molecular weight excluding hydrogens is 300 g/mol. The number of aromatic amines is 1. The van der Waals surface area contributed by atoms with Gasteiger partial charge in [-0.1, -0.05) is 13.0 Å². The molecule has 0 aliphatic heterocycles. The molecule has 0 atom stereocenters. The van der Waals surface area contributed by atoms with Crippen LogP contribution in [-0.2, 0) is 17.8 Å². The van der Waals surface area contributed by atoms with Gasteiger partial charge < -0.3 is 10.1 Å². The molecule has 2 rings (SSSR count). The fourth-order valence-electron chi connectivity index (χ4n) is 2.12. The summed E-state index contributed by atoms with van der Waals surface area (Å²) in [6, 6.07) is 5.56. The van der Waals surface area contributed by atoms with Crippen molar-refractivity contribution in [2.24, 2.45) is 0 Å². The second-order valence-corrected chi connectivity index (χ2v) is 5.40. The summed E-state index contributed by atoms with van der Waals surface area (Å²) >= 11 is 5.18. The SMILES string of the molecule is CCCc1n[nH]c(=S)n1CC(=O)Nc1cc(OC)ccc1C. The maximum absolute atomic E-state index is 12.3. The van der Waals surface area contributed by atoms with Gasteiger partial charge in [-0.25, -0.2) is 0 Å².